The van der Waals surface area contributed by atoms with Crippen LogP contribution < -0.4 is 16.5 Å². The molecule has 7 heteroatoms. The maximum Gasteiger partial charge on any atom is 0.497 e. The van der Waals surface area contributed by atoms with Gasteiger partial charge in [-0.2, -0.15) is 0 Å². The Kier molecular flexibility index (Phi) is 4.64. The van der Waals surface area contributed by atoms with Gasteiger partial charge in [0.1, 0.15) is 0 Å². The van der Waals surface area contributed by atoms with Gasteiger partial charge in [-0.3, -0.25) is 0 Å². The van der Waals surface area contributed by atoms with Crippen molar-refractivity contribution >= 4 is 29.9 Å². The summed E-state index contributed by atoms with van der Waals surface area (Å²) in [5.41, 5.74) is 7.35. The molecule has 0 saturated carbocycles. The van der Waals surface area contributed by atoms with Crippen LogP contribution in [0, 0.1) is 0 Å². The molecule has 23 heavy (non-hydrogen) atoms. The van der Waals surface area contributed by atoms with Gasteiger partial charge in [-0.05, 0) is 46.8 Å². The van der Waals surface area contributed by atoms with Crippen molar-refractivity contribution < 1.29 is 18.8 Å². The third-order valence-electron chi connectivity index (χ3n) is 4.47. The number of anilines is 2. The van der Waals surface area contributed by atoms with Gasteiger partial charge in [0.25, 0.3) is 0 Å². The molecule has 2 rings (SSSR count). The minimum absolute atomic E-state index is 0.304. The number of rotatable bonds is 4. The number of nitrogen functional groups attached to an aromatic ring is 1. The van der Waals surface area contributed by atoms with Crippen LogP contribution in [0.5, 0.6) is 0 Å². The van der Waals surface area contributed by atoms with E-state index < -0.39 is 24.3 Å². The molecule has 1 heterocycles. The second-order valence-corrected chi connectivity index (χ2v) is 6.59. The van der Waals surface area contributed by atoms with Crippen molar-refractivity contribution in [3.05, 3.63) is 17.7 Å². The van der Waals surface area contributed by atoms with Gasteiger partial charge in [0, 0.05) is 12.5 Å². The summed E-state index contributed by atoms with van der Waals surface area (Å²) in [6, 6.07) is 3.31. The number of ether oxygens (including phenoxy) is 1. The van der Waals surface area contributed by atoms with Crippen molar-refractivity contribution in [3.63, 3.8) is 0 Å². The maximum atomic E-state index is 12.0. The van der Waals surface area contributed by atoms with Gasteiger partial charge in [0.2, 0.25) is 0 Å². The molecular weight excluding hydrogens is 295 g/mol. The number of hydrogen-bond donors (Lipinski definition) is 2. The predicted octanol–water partition coefficient (Wildman–Crippen LogP) is 1.79. The normalized spacial score (nSPS) is 18.8. The predicted molar refractivity (Wildman–Crippen MR) is 92.1 cm³/mol. The van der Waals surface area contributed by atoms with Gasteiger partial charge >= 0.3 is 13.1 Å². The van der Waals surface area contributed by atoms with Crippen molar-refractivity contribution in [1.29, 1.82) is 0 Å². The zero-order valence-corrected chi connectivity index (χ0v) is 14.6. The highest BCUT2D eigenvalue weighted by molar-refractivity contribution is 6.64. The number of carbonyl (C=O) groups excluding carboxylic acids is 1. The highest BCUT2D eigenvalue weighted by Gasteiger charge is 2.52. The average Bonchev–Trinajstić information content (AvgIpc) is 2.66. The van der Waals surface area contributed by atoms with E-state index in [-0.39, 0.29) is 0 Å². The fourth-order valence-corrected chi connectivity index (χ4v) is 2.46. The second kappa shape index (κ2) is 6.05. The summed E-state index contributed by atoms with van der Waals surface area (Å²) < 4.78 is 17.2. The van der Waals surface area contributed by atoms with Crippen LogP contribution in [-0.4, -0.2) is 37.9 Å². The highest BCUT2D eigenvalue weighted by Crippen LogP contribution is 2.37. The molecule has 0 spiro atoms. The Morgan fingerprint density at radius 1 is 1.26 bits per heavy atom. The summed E-state index contributed by atoms with van der Waals surface area (Å²) in [7, 11) is 1.16. The van der Waals surface area contributed by atoms with Crippen LogP contribution in [0.25, 0.3) is 0 Å². The van der Waals surface area contributed by atoms with Crippen LogP contribution in [0.2, 0.25) is 0 Å². The number of hydrogen-bond acceptors (Lipinski definition) is 6. The molecule has 1 saturated heterocycles. The summed E-state index contributed by atoms with van der Waals surface area (Å²) in [4.78, 5) is 12.0. The van der Waals surface area contributed by atoms with E-state index in [0.717, 1.165) is 0 Å². The lowest BCUT2D eigenvalue weighted by atomic mass is 9.76. The minimum Gasteiger partial charge on any atom is -0.462 e. The Morgan fingerprint density at radius 3 is 2.30 bits per heavy atom. The third-order valence-corrected chi connectivity index (χ3v) is 4.47. The van der Waals surface area contributed by atoms with Crippen LogP contribution in [0.3, 0.4) is 0 Å². The van der Waals surface area contributed by atoms with Crippen molar-refractivity contribution in [2.45, 2.75) is 45.8 Å². The summed E-state index contributed by atoms with van der Waals surface area (Å²) >= 11 is 0. The molecule has 3 N–H and O–H groups in total. The summed E-state index contributed by atoms with van der Waals surface area (Å²) in [6.07, 6.45) is 0. The van der Waals surface area contributed by atoms with E-state index in [4.69, 9.17) is 19.8 Å². The Morgan fingerprint density at radius 2 is 1.83 bits per heavy atom. The minimum atomic E-state index is -0.612. The molecule has 0 amide bonds. The fraction of sp³-hybridized carbons (Fsp3) is 0.562. The molecule has 1 aromatic rings. The number of benzene rings is 1. The van der Waals surface area contributed by atoms with Crippen LogP contribution in [0.4, 0.5) is 11.4 Å². The summed E-state index contributed by atoms with van der Waals surface area (Å²) in [5.74, 6) is -0.417. The topological polar surface area (TPSA) is 82.8 Å². The van der Waals surface area contributed by atoms with Gasteiger partial charge in [-0.15, -0.1) is 0 Å². The highest BCUT2D eigenvalue weighted by atomic mass is 16.7. The lowest BCUT2D eigenvalue weighted by Crippen LogP contribution is -2.41. The van der Waals surface area contributed by atoms with E-state index >= 15 is 0 Å². The fourth-order valence-electron chi connectivity index (χ4n) is 2.46. The lowest BCUT2D eigenvalue weighted by molar-refractivity contribution is 0.00578. The molecule has 6 nitrogen and oxygen atoms in total. The van der Waals surface area contributed by atoms with Gasteiger partial charge in [0.05, 0.1) is 34.7 Å². The number of esters is 1. The first-order valence-corrected chi connectivity index (χ1v) is 7.77. The van der Waals surface area contributed by atoms with Crippen LogP contribution in [0.15, 0.2) is 12.1 Å². The average molecular weight is 320 g/mol. The van der Waals surface area contributed by atoms with Crippen molar-refractivity contribution in [1.82, 2.24) is 0 Å². The molecule has 1 aliphatic rings. The quantitative estimate of drug-likeness (QED) is 0.500. The first-order valence-electron chi connectivity index (χ1n) is 7.77. The Hall–Kier alpha value is -1.73. The maximum absolute atomic E-state index is 12.0. The molecule has 0 atom stereocenters. The first kappa shape index (κ1) is 17.6. The molecular formula is C16H25BN2O4. The molecule has 1 fully saturated rings. The Bertz CT molecular complexity index is 600. The molecule has 0 radical (unpaired) electrons. The van der Waals surface area contributed by atoms with Crippen LogP contribution in [-0.2, 0) is 14.0 Å². The standard InChI is InChI=1S/C16H25BN2O4/c1-7-21-14(20)10-8-11(13(19-6)12(18)9-10)17-22-15(2,3)16(4,5)23-17/h8-9,19H,7,18H2,1-6H3. The molecule has 0 aliphatic carbocycles. The third kappa shape index (κ3) is 3.16. The number of nitrogens with two attached hydrogens (primary N) is 1. The monoisotopic (exact) mass is 320 g/mol. The van der Waals surface area contributed by atoms with Gasteiger partial charge in [-0.25, -0.2) is 4.79 Å². The van der Waals surface area contributed by atoms with E-state index in [1.807, 2.05) is 27.7 Å². The van der Waals surface area contributed by atoms with Crippen molar-refractivity contribution in [2.75, 3.05) is 24.7 Å². The molecule has 0 bridgehead atoms. The first-order chi connectivity index (χ1) is 10.6. The SMILES string of the molecule is CCOC(=O)c1cc(N)c(NC)c(B2OC(C)(C)C(C)(C)O2)c1. The Labute approximate surface area is 137 Å². The van der Waals surface area contributed by atoms with Crippen molar-refractivity contribution in [2.24, 2.45) is 0 Å². The van der Waals surface area contributed by atoms with Crippen molar-refractivity contribution in [3.8, 4) is 0 Å². The van der Waals surface area contributed by atoms with Gasteiger partial charge < -0.3 is 25.1 Å². The van der Waals surface area contributed by atoms with E-state index in [1.165, 1.54) is 0 Å². The second-order valence-electron chi connectivity index (χ2n) is 6.59. The number of carbonyl (C=O) groups is 1. The largest absolute Gasteiger partial charge is 0.497 e. The van der Waals surface area contributed by atoms with E-state index in [9.17, 15) is 4.79 Å². The molecule has 0 unspecified atom stereocenters. The zero-order valence-electron chi connectivity index (χ0n) is 14.6. The Balaban J connectivity index is 2.47. The van der Waals surface area contributed by atoms with Crippen LogP contribution in [0.1, 0.15) is 45.0 Å². The lowest BCUT2D eigenvalue weighted by Gasteiger charge is -2.32. The smallest absolute Gasteiger partial charge is 0.462 e. The molecule has 1 aliphatic heterocycles. The molecule has 1 aromatic carbocycles. The summed E-state index contributed by atoms with van der Waals surface area (Å²) in [5, 5.41) is 3.06. The molecule has 0 aromatic heterocycles. The van der Waals surface area contributed by atoms with Gasteiger partial charge in [0.15, 0.2) is 0 Å². The molecule has 126 valence electrons. The van der Waals surface area contributed by atoms with E-state index in [2.05, 4.69) is 5.32 Å². The zero-order chi connectivity index (χ0) is 17.4. The van der Waals surface area contributed by atoms with E-state index in [1.54, 1.807) is 26.1 Å². The summed E-state index contributed by atoms with van der Waals surface area (Å²) in [6.45, 7) is 9.97. The van der Waals surface area contributed by atoms with E-state index in [0.29, 0.717) is 29.0 Å². The van der Waals surface area contributed by atoms with Crippen LogP contribution >= 0.6 is 0 Å². The van der Waals surface area contributed by atoms with Gasteiger partial charge in [-0.1, -0.05) is 0 Å². The number of nitrogens with one attached hydrogen (secondary N) is 1.